The molecule has 1 aliphatic heterocycles. The Morgan fingerprint density at radius 1 is 1.04 bits per heavy atom. The third kappa shape index (κ3) is 4.06. The summed E-state index contributed by atoms with van der Waals surface area (Å²) in [5, 5.41) is 11.0. The molecule has 1 aliphatic rings. The zero-order chi connectivity index (χ0) is 20.1. The van der Waals surface area contributed by atoms with Gasteiger partial charge in [-0.1, -0.05) is 81.8 Å². The number of hydrogen-bond donors (Lipinski definition) is 1. The molecule has 4 nitrogen and oxygen atoms in total. The Kier molecular flexibility index (Phi) is 6.08. The maximum Gasteiger partial charge on any atom is 0.378 e. The molecule has 0 radical (unpaired) electrons. The van der Waals surface area contributed by atoms with Gasteiger partial charge in [-0.2, -0.15) is 0 Å². The molecular formula is C24H28O4. The molecule has 1 unspecified atom stereocenters. The van der Waals surface area contributed by atoms with Crippen LogP contribution in [0.4, 0.5) is 0 Å². The molecule has 1 heterocycles. The van der Waals surface area contributed by atoms with Crippen molar-refractivity contribution < 1.29 is 19.4 Å². The van der Waals surface area contributed by atoms with Crippen molar-refractivity contribution in [3.05, 3.63) is 82.8 Å². The number of aliphatic hydroxyl groups excluding tert-OH is 1. The van der Waals surface area contributed by atoms with Crippen molar-refractivity contribution in [1.82, 2.24) is 0 Å². The average Bonchev–Trinajstić information content (AvgIpc) is 2.92. The molecule has 0 aromatic heterocycles. The molecule has 0 saturated carbocycles. The zero-order valence-electron chi connectivity index (χ0n) is 16.8. The van der Waals surface area contributed by atoms with Gasteiger partial charge in [0.15, 0.2) is 11.4 Å². The van der Waals surface area contributed by atoms with Crippen molar-refractivity contribution in [3.8, 4) is 0 Å². The molecule has 2 aromatic carbocycles. The van der Waals surface area contributed by atoms with Gasteiger partial charge in [-0.25, -0.2) is 4.79 Å². The summed E-state index contributed by atoms with van der Waals surface area (Å²) in [4.78, 5) is 12.5. The highest BCUT2D eigenvalue weighted by Gasteiger charge is 2.50. The Morgan fingerprint density at radius 2 is 1.71 bits per heavy atom. The van der Waals surface area contributed by atoms with Gasteiger partial charge < -0.3 is 14.6 Å². The summed E-state index contributed by atoms with van der Waals surface area (Å²) in [6.07, 6.45) is 2.22. The topological polar surface area (TPSA) is 55.8 Å². The van der Waals surface area contributed by atoms with E-state index in [0.717, 1.165) is 24.0 Å². The van der Waals surface area contributed by atoms with Crippen LogP contribution in [-0.2, 0) is 32.9 Å². The Balaban J connectivity index is 1.89. The van der Waals surface area contributed by atoms with E-state index in [1.165, 1.54) is 5.56 Å². The summed E-state index contributed by atoms with van der Waals surface area (Å²) >= 11 is 0. The highest BCUT2D eigenvalue weighted by molar-refractivity contribution is 5.90. The van der Waals surface area contributed by atoms with E-state index in [1.807, 2.05) is 61.5 Å². The maximum absolute atomic E-state index is 12.5. The lowest BCUT2D eigenvalue weighted by molar-refractivity contribution is -0.152. The van der Waals surface area contributed by atoms with Gasteiger partial charge in [0, 0.05) is 5.56 Å². The molecule has 148 valence electrons. The predicted molar refractivity (Wildman–Crippen MR) is 109 cm³/mol. The average molecular weight is 380 g/mol. The number of carbonyl (C=O) groups excluding carboxylic acids is 1. The van der Waals surface area contributed by atoms with E-state index >= 15 is 0 Å². The quantitative estimate of drug-likeness (QED) is 0.621. The molecule has 1 atom stereocenters. The number of rotatable bonds is 8. The standard InChI is InChI=1S/C24H28O4/c1-4-14-24(20-12-10-18(11-13-20)15-17(2)3)22(25)21(23(26)28-24)27-16-19-8-6-5-7-9-19/h5-13,17,25H,4,14-16H2,1-3H3. The number of carbonyl (C=O) groups is 1. The monoisotopic (exact) mass is 380 g/mol. The fourth-order valence-electron chi connectivity index (χ4n) is 3.63. The van der Waals surface area contributed by atoms with Crippen LogP contribution >= 0.6 is 0 Å². The summed E-state index contributed by atoms with van der Waals surface area (Å²) < 4.78 is 11.4. The van der Waals surface area contributed by atoms with Crippen LogP contribution in [0.2, 0.25) is 0 Å². The third-order valence-electron chi connectivity index (χ3n) is 4.94. The molecule has 1 N–H and O–H groups in total. The summed E-state index contributed by atoms with van der Waals surface area (Å²) in [7, 11) is 0. The SMILES string of the molecule is CCCC1(c2ccc(CC(C)C)cc2)OC(=O)C(OCc2ccccc2)=C1O. The second-order valence-electron chi connectivity index (χ2n) is 7.71. The molecule has 2 aromatic rings. The van der Waals surface area contributed by atoms with Crippen LogP contribution in [0.15, 0.2) is 66.1 Å². The minimum absolute atomic E-state index is 0.0939. The fraction of sp³-hybridized carbons (Fsp3) is 0.375. The van der Waals surface area contributed by atoms with E-state index in [1.54, 1.807) is 0 Å². The minimum atomic E-state index is -1.17. The van der Waals surface area contributed by atoms with Gasteiger partial charge >= 0.3 is 5.97 Å². The molecule has 4 heteroatoms. The molecule has 0 amide bonds. The lowest BCUT2D eigenvalue weighted by Gasteiger charge is -2.28. The van der Waals surface area contributed by atoms with Gasteiger partial charge in [0.1, 0.15) is 6.61 Å². The minimum Gasteiger partial charge on any atom is -0.505 e. The highest BCUT2D eigenvalue weighted by atomic mass is 16.6. The van der Waals surface area contributed by atoms with Crippen LogP contribution in [0.5, 0.6) is 0 Å². The van der Waals surface area contributed by atoms with Gasteiger partial charge in [0.2, 0.25) is 5.76 Å². The van der Waals surface area contributed by atoms with Gasteiger partial charge in [-0.05, 0) is 29.9 Å². The number of aliphatic hydroxyl groups is 1. The Hall–Kier alpha value is -2.75. The molecule has 0 aliphatic carbocycles. The molecule has 0 fully saturated rings. The Bertz CT molecular complexity index is 837. The molecule has 0 spiro atoms. The van der Waals surface area contributed by atoms with Crippen LogP contribution in [-0.4, -0.2) is 11.1 Å². The highest BCUT2D eigenvalue weighted by Crippen LogP contribution is 2.44. The van der Waals surface area contributed by atoms with Crippen LogP contribution in [0.3, 0.4) is 0 Å². The van der Waals surface area contributed by atoms with Crippen LogP contribution in [0, 0.1) is 5.92 Å². The number of benzene rings is 2. The van der Waals surface area contributed by atoms with E-state index in [2.05, 4.69) is 13.8 Å². The normalized spacial score (nSPS) is 19.2. The maximum atomic E-state index is 12.5. The smallest absolute Gasteiger partial charge is 0.378 e. The van der Waals surface area contributed by atoms with E-state index in [-0.39, 0.29) is 18.1 Å². The molecule has 3 rings (SSSR count). The lowest BCUT2D eigenvalue weighted by Crippen LogP contribution is -2.29. The van der Waals surface area contributed by atoms with Gasteiger partial charge in [0.25, 0.3) is 0 Å². The first-order valence-electron chi connectivity index (χ1n) is 9.89. The molecule has 28 heavy (non-hydrogen) atoms. The summed E-state index contributed by atoms with van der Waals surface area (Å²) in [5.41, 5.74) is 1.74. The van der Waals surface area contributed by atoms with E-state index in [9.17, 15) is 9.90 Å². The number of hydrogen-bond acceptors (Lipinski definition) is 4. The van der Waals surface area contributed by atoms with Gasteiger partial charge in [0.05, 0.1) is 0 Å². The van der Waals surface area contributed by atoms with E-state index in [4.69, 9.17) is 9.47 Å². The van der Waals surface area contributed by atoms with Crippen LogP contribution in [0.25, 0.3) is 0 Å². The van der Waals surface area contributed by atoms with E-state index in [0.29, 0.717) is 12.3 Å². The van der Waals surface area contributed by atoms with Gasteiger partial charge in [-0.3, -0.25) is 0 Å². The first-order valence-corrected chi connectivity index (χ1v) is 9.89. The van der Waals surface area contributed by atoms with Crippen molar-refractivity contribution in [2.45, 2.75) is 52.2 Å². The molecular weight excluding hydrogens is 352 g/mol. The number of ether oxygens (including phenoxy) is 2. The van der Waals surface area contributed by atoms with Crippen molar-refractivity contribution in [1.29, 1.82) is 0 Å². The van der Waals surface area contributed by atoms with Crippen molar-refractivity contribution in [3.63, 3.8) is 0 Å². The Morgan fingerprint density at radius 3 is 2.32 bits per heavy atom. The summed E-state index contributed by atoms with van der Waals surface area (Å²) in [6, 6.07) is 17.5. The van der Waals surface area contributed by atoms with E-state index < -0.39 is 11.6 Å². The van der Waals surface area contributed by atoms with Crippen molar-refractivity contribution in [2.75, 3.05) is 0 Å². The van der Waals surface area contributed by atoms with Crippen molar-refractivity contribution >= 4 is 5.97 Å². The second-order valence-corrected chi connectivity index (χ2v) is 7.71. The summed E-state index contributed by atoms with van der Waals surface area (Å²) in [5.74, 6) is -0.283. The first kappa shape index (κ1) is 20.0. The molecule has 0 bridgehead atoms. The van der Waals surface area contributed by atoms with Crippen LogP contribution < -0.4 is 0 Å². The first-order chi connectivity index (χ1) is 13.5. The summed E-state index contributed by atoms with van der Waals surface area (Å²) in [6.45, 7) is 6.55. The van der Waals surface area contributed by atoms with Crippen molar-refractivity contribution in [2.24, 2.45) is 5.92 Å². The number of esters is 1. The Labute approximate surface area is 166 Å². The lowest BCUT2D eigenvalue weighted by atomic mass is 9.86. The largest absolute Gasteiger partial charge is 0.505 e. The second kappa shape index (κ2) is 8.51. The molecule has 0 saturated heterocycles. The predicted octanol–water partition coefficient (Wildman–Crippen LogP) is 5.42. The van der Waals surface area contributed by atoms with Gasteiger partial charge in [-0.15, -0.1) is 0 Å². The third-order valence-corrected chi connectivity index (χ3v) is 4.94. The fourth-order valence-corrected chi connectivity index (χ4v) is 3.63. The zero-order valence-corrected chi connectivity index (χ0v) is 16.8. The number of cyclic esters (lactones) is 1. The van der Waals surface area contributed by atoms with Crippen LogP contribution in [0.1, 0.15) is 50.3 Å².